The van der Waals surface area contributed by atoms with Gasteiger partial charge in [0.1, 0.15) is 18.1 Å². The number of hydrogen-bond donors (Lipinski definition) is 6. The summed E-state index contributed by atoms with van der Waals surface area (Å²) in [6.07, 6.45) is 1.77. The molecule has 1 aromatic carbocycles. The van der Waals surface area contributed by atoms with Crippen LogP contribution in [0.5, 0.6) is 0 Å². The van der Waals surface area contributed by atoms with Gasteiger partial charge in [0.05, 0.1) is 12.5 Å². The largest absolute Gasteiger partial charge is 0.480 e. The highest BCUT2D eigenvalue weighted by molar-refractivity contribution is 7.98. The van der Waals surface area contributed by atoms with Gasteiger partial charge in [0.15, 0.2) is 0 Å². The molecule has 0 radical (unpaired) electrons. The van der Waals surface area contributed by atoms with Gasteiger partial charge in [0, 0.05) is 6.42 Å². The summed E-state index contributed by atoms with van der Waals surface area (Å²) in [4.78, 5) is 60.5. The molecule has 0 heterocycles. The summed E-state index contributed by atoms with van der Waals surface area (Å²) in [5, 5.41) is 16.3. The van der Waals surface area contributed by atoms with E-state index in [0.717, 1.165) is 0 Å². The highest BCUT2D eigenvalue weighted by atomic mass is 32.2. The molecule has 4 amide bonds. The Labute approximate surface area is 196 Å². The summed E-state index contributed by atoms with van der Waals surface area (Å²) in [5.41, 5.74) is 11.8. The number of carboxylic acids is 1. The first-order chi connectivity index (χ1) is 15.5. The number of carbonyl (C=O) groups is 5. The quantitative estimate of drug-likeness (QED) is 0.189. The van der Waals surface area contributed by atoms with Gasteiger partial charge in [-0.25, -0.2) is 0 Å². The van der Waals surface area contributed by atoms with Crippen molar-refractivity contribution in [2.24, 2.45) is 11.5 Å². The Kier molecular flexibility index (Phi) is 11.9. The van der Waals surface area contributed by atoms with E-state index < -0.39 is 60.2 Å². The number of benzene rings is 1. The molecule has 11 nitrogen and oxygen atoms in total. The number of rotatable bonds is 14. The van der Waals surface area contributed by atoms with Crippen molar-refractivity contribution in [2.75, 3.05) is 12.0 Å². The topological polar surface area (TPSA) is 194 Å². The highest BCUT2D eigenvalue weighted by Gasteiger charge is 2.30. The van der Waals surface area contributed by atoms with E-state index in [1.54, 1.807) is 30.3 Å². The Morgan fingerprint density at radius 1 is 0.970 bits per heavy atom. The molecule has 182 valence electrons. The monoisotopic (exact) mass is 481 g/mol. The third-order valence-electron chi connectivity index (χ3n) is 4.65. The third kappa shape index (κ3) is 10.4. The predicted octanol–water partition coefficient (Wildman–Crippen LogP) is -1.26. The van der Waals surface area contributed by atoms with E-state index >= 15 is 0 Å². The van der Waals surface area contributed by atoms with E-state index in [1.165, 1.54) is 18.7 Å². The molecule has 0 aromatic heterocycles. The van der Waals surface area contributed by atoms with Crippen molar-refractivity contribution in [1.29, 1.82) is 0 Å². The predicted molar refractivity (Wildman–Crippen MR) is 124 cm³/mol. The molecule has 0 bridgehead atoms. The second kappa shape index (κ2) is 14.1. The Balaban J connectivity index is 3.02. The van der Waals surface area contributed by atoms with Gasteiger partial charge < -0.3 is 32.5 Å². The van der Waals surface area contributed by atoms with Crippen LogP contribution in [0.3, 0.4) is 0 Å². The minimum Gasteiger partial charge on any atom is -0.480 e. The van der Waals surface area contributed by atoms with Crippen molar-refractivity contribution in [3.63, 3.8) is 0 Å². The molecule has 4 atom stereocenters. The molecule has 0 saturated carbocycles. The summed E-state index contributed by atoms with van der Waals surface area (Å²) >= 11 is 1.50. The highest BCUT2D eigenvalue weighted by Crippen LogP contribution is 2.06. The van der Waals surface area contributed by atoms with E-state index in [-0.39, 0.29) is 6.42 Å². The lowest BCUT2D eigenvalue weighted by Gasteiger charge is -2.24. The van der Waals surface area contributed by atoms with Crippen molar-refractivity contribution in [3.8, 4) is 0 Å². The normalized spacial score (nSPS) is 14.3. The Morgan fingerprint density at radius 3 is 2.09 bits per heavy atom. The van der Waals surface area contributed by atoms with Gasteiger partial charge in [-0.05, 0) is 30.9 Å². The van der Waals surface area contributed by atoms with Crippen LogP contribution in [0.4, 0.5) is 0 Å². The molecule has 33 heavy (non-hydrogen) atoms. The molecule has 0 aliphatic heterocycles. The summed E-state index contributed by atoms with van der Waals surface area (Å²) in [6.45, 7) is 1.29. The van der Waals surface area contributed by atoms with Crippen molar-refractivity contribution >= 4 is 41.4 Å². The van der Waals surface area contributed by atoms with E-state index in [4.69, 9.17) is 16.6 Å². The lowest BCUT2D eigenvalue weighted by Crippen LogP contribution is -2.58. The third-order valence-corrected chi connectivity index (χ3v) is 5.30. The maximum atomic E-state index is 12.9. The number of amides is 4. The van der Waals surface area contributed by atoms with Gasteiger partial charge in [0.2, 0.25) is 23.6 Å². The van der Waals surface area contributed by atoms with Crippen molar-refractivity contribution in [2.45, 2.75) is 50.4 Å². The van der Waals surface area contributed by atoms with E-state index in [1.807, 2.05) is 6.26 Å². The first-order valence-electron chi connectivity index (χ1n) is 10.3. The number of nitrogens with one attached hydrogen (secondary N) is 3. The van der Waals surface area contributed by atoms with Gasteiger partial charge in [-0.2, -0.15) is 11.8 Å². The lowest BCUT2D eigenvalue weighted by molar-refractivity contribution is -0.142. The number of aliphatic carboxylic acids is 1. The van der Waals surface area contributed by atoms with Gasteiger partial charge in [0.25, 0.3) is 0 Å². The Bertz CT molecular complexity index is 838. The minimum absolute atomic E-state index is 0.0508. The molecular weight excluding hydrogens is 450 g/mol. The molecule has 1 rings (SSSR count). The van der Waals surface area contributed by atoms with Crippen LogP contribution in [0, 0.1) is 0 Å². The van der Waals surface area contributed by atoms with Crippen LogP contribution in [0.1, 0.15) is 25.3 Å². The molecular formula is C21H31N5O6S. The number of primary amides is 1. The Morgan fingerprint density at radius 2 is 1.55 bits per heavy atom. The van der Waals surface area contributed by atoms with Gasteiger partial charge >= 0.3 is 5.97 Å². The number of thioether (sulfide) groups is 1. The summed E-state index contributed by atoms with van der Waals surface area (Å²) in [7, 11) is 0. The van der Waals surface area contributed by atoms with Gasteiger partial charge in [-0.1, -0.05) is 30.3 Å². The van der Waals surface area contributed by atoms with Crippen molar-refractivity contribution in [3.05, 3.63) is 35.9 Å². The number of carboxylic acid groups (broad SMARTS) is 1. The van der Waals surface area contributed by atoms with Crippen LogP contribution in [0.2, 0.25) is 0 Å². The number of carbonyl (C=O) groups excluding carboxylic acids is 4. The fourth-order valence-corrected chi connectivity index (χ4v) is 3.26. The van der Waals surface area contributed by atoms with Crippen LogP contribution in [-0.2, 0) is 30.4 Å². The summed E-state index contributed by atoms with van der Waals surface area (Å²) < 4.78 is 0. The minimum atomic E-state index is -1.35. The van der Waals surface area contributed by atoms with Crippen molar-refractivity contribution < 1.29 is 29.1 Å². The average molecular weight is 482 g/mol. The molecule has 0 saturated heterocycles. The van der Waals surface area contributed by atoms with Crippen LogP contribution < -0.4 is 27.4 Å². The van der Waals surface area contributed by atoms with Crippen LogP contribution in [0.25, 0.3) is 0 Å². The number of nitrogens with two attached hydrogens (primary N) is 2. The zero-order chi connectivity index (χ0) is 25.0. The van der Waals surface area contributed by atoms with Crippen LogP contribution in [-0.4, -0.2) is 70.9 Å². The summed E-state index contributed by atoms with van der Waals surface area (Å²) in [5.74, 6) is -3.64. The molecule has 8 N–H and O–H groups in total. The SMILES string of the molecule is CSCCC(N)C(=O)NC(CC(N)=O)C(=O)NC(Cc1ccccc1)C(=O)NC(C)C(=O)O. The zero-order valence-corrected chi connectivity index (χ0v) is 19.4. The zero-order valence-electron chi connectivity index (χ0n) is 18.6. The molecule has 0 fully saturated rings. The maximum Gasteiger partial charge on any atom is 0.325 e. The molecule has 0 aliphatic rings. The second-order valence-electron chi connectivity index (χ2n) is 7.44. The Hall–Kier alpha value is -3.12. The average Bonchev–Trinajstić information content (AvgIpc) is 2.76. The van der Waals surface area contributed by atoms with E-state index in [2.05, 4.69) is 16.0 Å². The second-order valence-corrected chi connectivity index (χ2v) is 8.42. The van der Waals surface area contributed by atoms with Gasteiger partial charge in [-0.15, -0.1) is 0 Å². The van der Waals surface area contributed by atoms with E-state index in [9.17, 15) is 24.0 Å². The van der Waals surface area contributed by atoms with Crippen LogP contribution in [0.15, 0.2) is 30.3 Å². The summed E-state index contributed by atoms with van der Waals surface area (Å²) in [6, 6.07) is 4.15. The maximum absolute atomic E-state index is 12.9. The standard InChI is InChI=1S/C21H31N5O6S/c1-12(21(31)32)24-19(29)15(10-13-6-4-3-5-7-13)26-20(30)16(11-17(23)27)25-18(28)14(22)8-9-33-2/h3-7,12,14-16H,8-11,22H2,1-2H3,(H2,23,27)(H,24,29)(H,25,28)(H,26,30)(H,31,32). The fourth-order valence-electron chi connectivity index (χ4n) is 2.77. The fraction of sp³-hybridized carbons (Fsp3) is 0.476. The first kappa shape index (κ1) is 27.9. The molecule has 12 heteroatoms. The molecule has 4 unspecified atom stereocenters. The lowest BCUT2D eigenvalue weighted by atomic mass is 10.0. The molecule has 0 spiro atoms. The number of hydrogen-bond acceptors (Lipinski definition) is 7. The molecule has 0 aliphatic carbocycles. The molecule has 1 aromatic rings. The van der Waals surface area contributed by atoms with E-state index in [0.29, 0.717) is 17.7 Å². The van der Waals surface area contributed by atoms with Crippen LogP contribution >= 0.6 is 11.8 Å². The smallest absolute Gasteiger partial charge is 0.325 e. The van der Waals surface area contributed by atoms with Crippen molar-refractivity contribution in [1.82, 2.24) is 16.0 Å². The van der Waals surface area contributed by atoms with Gasteiger partial charge in [-0.3, -0.25) is 24.0 Å². The first-order valence-corrected chi connectivity index (χ1v) is 11.6.